The van der Waals surface area contributed by atoms with Crippen LogP contribution in [-0.4, -0.2) is 37.5 Å². The van der Waals surface area contributed by atoms with Gasteiger partial charge in [0.15, 0.2) is 0 Å². The van der Waals surface area contributed by atoms with Gasteiger partial charge in [0.25, 0.3) is 0 Å². The van der Waals surface area contributed by atoms with E-state index in [0.29, 0.717) is 5.91 Å². The minimum Gasteiger partial charge on any atom is -0.345 e. The molecule has 1 aliphatic heterocycles. The van der Waals surface area contributed by atoms with Crippen LogP contribution in [-0.2, 0) is 11.2 Å². The quantitative estimate of drug-likeness (QED) is 0.816. The molecule has 1 N–H and O–H groups in total. The number of amides is 1. The fourth-order valence-corrected chi connectivity index (χ4v) is 3.12. The van der Waals surface area contributed by atoms with Crippen LogP contribution in [0.25, 0.3) is 0 Å². The molecule has 1 heterocycles. The van der Waals surface area contributed by atoms with Gasteiger partial charge in [0, 0.05) is 20.1 Å². The molecule has 1 unspecified atom stereocenters. The van der Waals surface area contributed by atoms with Gasteiger partial charge in [-0.3, -0.25) is 4.79 Å². The summed E-state index contributed by atoms with van der Waals surface area (Å²) in [5, 5.41) is 3.35. The van der Waals surface area contributed by atoms with Crippen LogP contribution in [0.2, 0.25) is 0 Å². The highest BCUT2D eigenvalue weighted by Gasteiger charge is 2.36. The summed E-state index contributed by atoms with van der Waals surface area (Å²) in [6.45, 7) is 4.83. The molecule has 3 nitrogen and oxygen atoms in total. The Labute approximate surface area is 128 Å². The summed E-state index contributed by atoms with van der Waals surface area (Å²) in [7, 11) is 1.95. The lowest BCUT2D eigenvalue weighted by molar-refractivity contribution is -0.140. The minimum absolute atomic E-state index is 0.202. The number of piperidine rings is 1. The second-order valence-electron chi connectivity index (χ2n) is 6.51. The third-order valence-electron chi connectivity index (χ3n) is 4.51. The summed E-state index contributed by atoms with van der Waals surface area (Å²) < 4.78 is 0. The van der Waals surface area contributed by atoms with Crippen LogP contribution in [0.1, 0.15) is 38.2 Å². The van der Waals surface area contributed by atoms with Gasteiger partial charge in [-0.05, 0) is 51.1 Å². The van der Waals surface area contributed by atoms with E-state index in [1.54, 1.807) is 0 Å². The van der Waals surface area contributed by atoms with Crippen molar-refractivity contribution in [2.24, 2.45) is 5.41 Å². The summed E-state index contributed by atoms with van der Waals surface area (Å²) in [6.07, 6.45) is 5.41. The molecule has 2 rings (SSSR count). The number of rotatable bonds is 6. The van der Waals surface area contributed by atoms with Gasteiger partial charge in [-0.15, -0.1) is 0 Å². The summed E-state index contributed by atoms with van der Waals surface area (Å²) in [6, 6.07) is 10.6. The number of unbranched alkanes of at least 4 members (excludes halogenated alkanes) is 1. The first-order valence-corrected chi connectivity index (χ1v) is 8.12. The monoisotopic (exact) mass is 288 g/mol. The maximum absolute atomic E-state index is 12.6. The van der Waals surface area contributed by atoms with E-state index in [0.717, 1.165) is 51.7 Å². The van der Waals surface area contributed by atoms with Gasteiger partial charge in [0.1, 0.15) is 0 Å². The van der Waals surface area contributed by atoms with Crippen LogP contribution in [0, 0.1) is 5.41 Å². The average Bonchev–Trinajstić information content (AvgIpc) is 2.52. The van der Waals surface area contributed by atoms with E-state index in [4.69, 9.17) is 0 Å². The van der Waals surface area contributed by atoms with Crippen LogP contribution in [0.4, 0.5) is 0 Å². The van der Waals surface area contributed by atoms with Gasteiger partial charge in [0.2, 0.25) is 5.91 Å². The molecule has 116 valence electrons. The van der Waals surface area contributed by atoms with Gasteiger partial charge >= 0.3 is 0 Å². The van der Waals surface area contributed by atoms with Gasteiger partial charge in [-0.25, -0.2) is 0 Å². The molecule has 0 aliphatic carbocycles. The van der Waals surface area contributed by atoms with E-state index >= 15 is 0 Å². The lowest BCUT2D eigenvalue weighted by atomic mass is 9.81. The van der Waals surface area contributed by atoms with E-state index in [-0.39, 0.29) is 5.41 Å². The molecular weight excluding hydrogens is 260 g/mol. The van der Waals surface area contributed by atoms with E-state index in [1.165, 1.54) is 5.56 Å². The molecule has 0 bridgehead atoms. The zero-order valence-electron chi connectivity index (χ0n) is 13.4. The number of aryl methyl sites for hydroxylation is 1. The summed E-state index contributed by atoms with van der Waals surface area (Å²) >= 11 is 0. The van der Waals surface area contributed by atoms with Crippen molar-refractivity contribution in [1.82, 2.24) is 10.2 Å². The Morgan fingerprint density at radius 2 is 2.05 bits per heavy atom. The van der Waals surface area contributed by atoms with E-state index in [1.807, 2.05) is 11.9 Å². The fourth-order valence-electron chi connectivity index (χ4n) is 3.12. The first-order chi connectivity index (χ1) is 10.1. The Bertz CT molecular complexity index is 438. The van der Waals surface area contributed by atoms with Crippen LogP contribution >= 0.6 is 0 Å². The molecular formula is C18H28N2O. The zero-order chi connectivity index (χ0) is 15.1. The van der Waals surface area contributed by atoms with Crippen LogP contribution in [0.5, 0.6) is 0 Å². The molecule has 1 fully saturated rings. The summed E-state index contributed by atoms with van der Waals surface area (Å²) in [5.74, 6) is 0.300. The van der Waals surface area contributed by atoms with E-state index in [2.05, 4.69) is 42.6 Å². The highest BCUT2D eigenvalue weighted by molar-refractivity contribution is 5.82. The van der Waals surface area contributed by atoms with Gasteiger partial charge < -0.3 is 10.2 Å². The summed E-state index contributed by atoms with van der Waals surface area (Å²) in [4.78, 5) is 14.5. The molecule has 1 aromatic rings. The summed E-state index contributed by atoms with van der Waals surface area (Å²) in [5.41, 5.74) is 1.18. The van der Waals surface area contributed by atoms with Crippen LogP contribution in [0.15, 0.2) is 30.3 Å². The molecule has 0 saturated carbocycles. The number of benzene rings is 1. The van der Waals surface area contributed by atoms with E-state index < -0.39 is 0 Å². The van der Waals surface area contributed by atoms with Gasteiger partial charge in [0.05, 0.1) is 5.41 Å². The van der Waals surface area contributed by atoms with Crippen molar-refractivity contribution in [2.45, 2.75) is 39.0 Å². The highest BCUT2D eigenvalue weighted by atomic mass is 16.2. The van der Waals surface area contributed by atoms with Crippen molar-refractivity contribution in [3.05, 3.63) is 35.9 Å². The number of nitrogens with zero attached hydrogens (tertiary/aromatic N) is 1. The topological polar surface area (TPSA) is 32.3 Å². The molecule has 0 radical (unpaired) electrons. The molecule has 1 saturated heterocycles. The number of carbonyl (C=O) groups excluding carboxylic acids is 1. The Hall–Kier alpha value is -1.35. The largest absolute Gasteiger partial charge is 0.345 e. The molecule has 1 amide bonds. The smallest absolute Gasteiger partial charge is 0.229 e. The van der Waals surface area contributed by atoms with Gasteiger partial charge in [-0.1, -0.05) is 30.3 Å². The fraction of sp³-hybridized carbons (Fsp3) is 0.611. The number of nitrogens with one attached hydrogen (secondary N) is 1. The minimum atomic E-state index is -0.202. The van der Waals surface area contributed by atoms with Crippen molar-refractivity contribution in [3.8, 4) is 0 Å². The molecule has 0 aromatic heterocycles. The predicted octanol–water partition coefficient (Wildman–Crippen LogP) is 2.86. The van der Waals surface area contributed by atoms with Crippen LogP contribution < -0.4 is 5.32 Å². The average molecular weight is 288 g/mol. The van der Waals surface area contributed by atoms with Crippen molar-refractivity contribution >= 4 is 5.91 Å². The Morgan fingerprint density at radius 3 is 2.71 bits per heavy atom. The first kappa shape index (κ1) is 16.0. The van der Waals surface area contributed by atoms with E-state index in [9.17, 15) is 4.79 Å². The van der Waals surface area contributed by atoms with Crippen molar-refractivity contribution in [3.63, 3.8) is 0 Å². The lowest BCUT2D eigenvalue weighted by Crippen LogP contribution is -2.49. The normalized spacial score (nSPS) is 22.0. The Balaban J connectivity index is 1.71. The predicted molar refractivity (Wildman–Crippen MR) is 87.2 cm³/mol. The molecule has 0 spiro atoms. The Morgan fingerprint density at radius 1 is 1.29 bits per heavy atom. The molecule has 21 heavy (non-hydrogen) atoms. The van der Waals surface area contributed by atoms with Crippen molar-refractivity contribution in [1.29, 1.82) is 0 Å². The lowest BCUT2D eigenvalue weighted by Gasteiger charge is -2.36. The zero-order valence-corrected chi connectivity index (χ0v) is 13.4. The number of carbonyl (C=O) groups is 1. The SMILES string of the molecule is CN(CCCCc1ccccc1)C(=O)C1(C)CCCNC1. The maximum atomic E-state index is 12.6. The standard InChI is InChI=1S/C18H28N2O/c1-18(12-8-13-19-15-18)17(21)20(2)14-7-6-11-16-9-4-3-5-10-16/h3-5,9-10,19H,6-8,11-15H2,1-2H3. The second-order valence-corrected chi connectivity index (χ2v) is 6.51. The molecule has 3 heteroatoms. The molecule has 1 aromatic carbocycles. The van der Waals surface area contributed by atoms with Crippen molar-refractivity contribution in [2.75, 3.05) is 26.7 Å². The van der Waals surface area contributed by atoms with Gasteiger partial charge in [-0.2, -0.15) is 0 Å². The van der Waals surface area contributed by atoms with Crippen LogP contribution in [0.3, 0.4) is 0 Å². The molecule has 1 aliphatic rings. The molecule has 1 atom stereocenters. The second kappa shape index (κ2) is 7.60. The first-order valence-electron chi connectivity index (χ1n) is 8.12. The third kappa shape index (κ3) is 4.57. The van der Waals surface area contributed by atoms with Crippen molar-refractivity contribution < 1.29 is 4.79 Å². The Kier molecular flexibility index (Phi) is 5.80. The number of hydrogen-bond acceptors (Lipinski definition) is 2. The third-order valence-corrected chi connectivity index (χ3v) is 4.51. The highest BCUT2D eigenvalue weighted by Crippen LogP contribution is 2.27. The number of hydrogen-bond donors (Lipinski definition) is 1. The maximum Gasteiger partial charge on any atom is 0.229 e.